The fourth-order valence-corrected chi connectivity index (χ4v) is 6.13. The number of halogens is 1. The number of rotatable bonds is 6. The maximum absolute atomic E-state index is 12.0. The predicted octanol–water partition coefficient (Wildman–Crippen LogP) is 3.64. The molecule has 2 N–H and O–H groups in total. The summed E-state index contributed by atoms with van der Waals surface area (Å²) in [6.45, 7) is 5.77. The van der Waals surface area contributed by atoms with E-state index in [2.05, 4.69) is 32.3 Å². The van der Waals surface area contributed by atoms with Gasteiger partial charge in [0.15, 0.2) is 5.96 Å². The van der Waals surface area contributed by atoms with Gasteiger partial charge in [-0.15, -0.1) is 24.0 Å². The Bertz CT molecular complexity index is 543. The summed E-state index contributed by atoms with van der Waals surface area (Å²) in [5.41, 5.74) is 0.290. The number of ether oxygens (including phenoxy) is 1. The van der Waals surface area contributed by atoms with Crippen LogP contribution in [0.4, 0.5) is 0 Å². The van der Waals surface area contributed by atoms with Gasteiger partial charge in [0.2, 0.25) is 0 Å². The van der Waals surface area contributed by atoms with Crippen LogP contribution in [-0.4, -0.2) is 73.2 Å². The molecule has 3 rings (SSSR count). The zero-order valence-electron chi connectivity index (χ0n) is 18.8. The number of hydrogen-bond acceptors (Lipinski definition) is 5. The summed E-state index contributed by atoms with van der Waals surface area (Å²) < 4.78 is 5.19. The molecule has 0 bridgehead atoms. The van der Waals surface area contributed by atoms with Crippen molar-refractivity contribution in [1.29, 1.82) is 0 Å². The quantitative estimate of drug-likeness (QED) is 0.227. The highest BCUT2D eigenvalue weighted by atomic mass is 127. The van der Waals surface area contributed by atoms with Gasteiger partial charge in [-0.25, -0.2) is 0 Å². The molecule has 30 heavy (non-hydrogen) atoms. The van der Waals surface area contributed by atoms with E-state index in [1.807, 2.05) is 14.0 Å². The van der Waals surface area contributed by atoms with Gasteiger partial charge in [-0.2, -0.15) is 11.8 Å². The molecule has 0 unspecified atom stereocenters. The van der Waals surface area contributed by atoms with Gasteiger partial charge in [0.1, 0.15) is 0 Å². The third-order valence-electron chi connectivity index (χ3n) is 6.96. The normalized spacial score (nSPS) is 27.6. The molecule has 6 nitrogen and oxygen atoms in total. The molecule has 3 aliphatic rings. The minimum Gasteiger partial charge on any atom is -0.466 e. The fourth-order valence-electron chi connectivity index (χ4n) is 5.22. The first-order chi connectivity index (χ1) is 14.2. The first-order valence-corrected chi connectivity index (χ1v) is 12.8. The minimum atomic E-state index is -0.0209. The van der Waals surface area contributed by atoms with E-state index in [0.717, 1.165) is 38.2 Å². The molecule has 174 valence electrons. The van der Waals surface area contributed by atoms with E-state index in [9.17, 15) is 4.79 Å². The number of nitrogens with zero attached hydrogens (tertiary/aromatic N) is 2. The Balaban J connectivity index is 0.00000320. The Hall–Kier alpha value is -0.220. The maximum Gasteiger partial charge on any atom is 0.308 e. The van der Waals surface area contributed by atoms with Gasteiger partial charge in [0.25, 0.3) is 0 Å². The van der Waals surface area contributed by atoms with Gasteiger partial charge in [0.05, 0.1) is 12.5 Å². The lowest BCUT2D eigenvalue weighted by molar-refractivity contribution is -0.149. The van der Waals surface area contributed by atoms with E-state index in [4.69, 9.17) is 4.74 Å². The second-order valence-electron chi connectivity index (χ2n) is 8.76. The summed E-state index contributed by atoms with van der Waals surface area (Å²) in [6.07, 6.45) is 10.5. The summed E-state index contributed by atoms with van der Waals surface area (Å²) in [5.74, 6) is 3.50. The highest BCUT2D eigenvalue weighted by molar-refractivity contribution is 14.0. The van der Waals surface area contributed by atoms with Crippen molar-refractivity contribution < 1.29 is 9.53 Å². The minimum absolute atomic E-state index is 0. The van der Waals surface area contributed by atoms with E-state index in [-0.39, 0.29) is 35.9 Å². The second kappa shape index (κ2) is 13.4. The van der Waals surface area contributed by atoms with Crippen LogP contribution in [0.3, 0.4) is 0 Å². The number of nitrogens with one attached hydrogen (secondary N) is 2. The maximum atomic E-state index is 12.0. The van der Waals surface area contributed by atoms with Gasteiger partial charge in [0, 0.05) is 49.8 Å². The SMILES string of the molecule is CCOC(=O)C1CCC(NC(=NC)NCC2(N3CCSCC3)CCCCC2)CC1.I. The van der Waals surface area contributed by atoms with Crippen LogP contribution in [-0.2, 0) is 9.53 Å². The lowest BCUT2D eigenvalue weighted by Gasteiger charge is -2.48. The Morgan fingerprint density at radius 1 is 1.13 bits per heavy atom. The van der Waals surface area contributed by atoms with Crippen molar-refractivity contribution >= 4 is 47.7 Å². The predicted molar refractivity (Wildman–Crippen MR) is 137 cm³/mol. The number of aliphatic imine (C=N–C) groups is 1. The summed E-state index contributed by atoms with van der Waals surface area (Å²) in [5, 5.41) is 7.30. The van der Waals surface area contributed by atoms with Crippen molar-refractivity contribution in [3.05, 3.63) is 0 Å². The average Bonchev–Trinajstić information content (AvgIpc) is 2.78. The number of carbonyl (C=O) groups is 1. The Labute approximate surface area is 204 Å². The van der Waals surface area contributed by atoms with Crippen molar-refractivity contribution in [2.75, 3.05) is 44.8 Å². The number of guanidine groups is 1. The Morgan fingerprint density at radius 3 is 2.40 bits per heavy atom. The van der Waals surface area contributed by atoms with Gasteiger partial charge in [-0.1, -0.05) is 19.3 Å². The molecule has 8 heteroatoms. The molecule has 0 aromatic rings. The highest BCUT2D eigenvalue weighted by Gasteiger charge is 2.38. The number of thioether (sulfide) groups is 1. The lowest BCUT2D eigenvalue weighted by atomic mass is 9.80. The molecule has 3 fully saturated rings. The zero-order chi connectivity index (χ0) is 20.5. The molecule has 0 radical (unpaired) electrons. The van der Waals surface area contributed by atoms with Gasteiger partial charge in [-0.3, -0.25) is 14.7 Å². The van der Waals surface area contributed by atoms with E-state index in [0.29, 0.717) is 18.2 Å². The molecular weight excluding hydrogens is 511 g/mol. The van der Waals surface area contributed by atoms with E-state index >= 15 is 0 Å². The summed E-state index contributed by atoms with van der Waals surface area (Å²) in [6, 6.07) is 0.389. The van der Waals surface area contributed by atoms with E-state index in [1.165, 1.54) is 56.7 Å². The monoisotopic (exact) mass is 552 g/mol. The van der Waals surface area contributed by atoms with Crippen LogP contribution in [0.2, 0.25) is 0 Å². The van der Waals surface area contributed by atoms with Crippen LogP contribution in [0.1, 0.15) is 64.7 Å². The first-order valence-electron chi connectivity index (χ1n) is 11.6. The van der Waals surface area contributed by atoms with Crippen LogP contribution in [0.5, 0.6) is 0 Å². The Kier molecular flexibility index (Phi) is 11.6. The Morgan fingerprint density at radius 2 is 1.80 bits per heavy atom. The number of hydrogen-bond donors (Lipinski definition) is 2. The van der Waals surface area contributed by atoms with Gasteiger partial charge >= 0.3 is 5.97 Å². The van der Waals surface area contributed by atoms with Crippen molar-refractivity contribution in [2.45, 2.75) is 76.3 Å². The molecule has 1 aliphatic heterocycles. The molecule has 0 atom stereocenters. The zero-order valence-corrected chi connectivity index (χ0v) is 21.9. The molecule has 2 saturated carbocycles. The molecule has 0 amide bonds. The number of esters is 1. The largest absolute Gasteiger partial charge is 0.466 e. The molecule has 1 heterocycles. The highest BCUT2D eigenvalue weighted by Crippen LogP contribution is 2.35. The molecular formula is C22H41IN4O2S. The fraction of sp³-hybridized carbons (Fsp3) is 0.909. The van der Waals surface area contributed by atoms with Crippen molar-refractivity contribution in [2.24, 2.45) is 10.9 Å². The van der Waals surface area contributed by atoms with Crippen LogP contribution in [0, 0.1) is 5.92 Å². The molecule has 0 aromatic heterocycles. The van der Waals surface area contributed by atoms with Crippen molar-refractivity contribution in [3.63, 3.8) is 0 Å². The molecule has 2 aliphatic carbocycles. The second-order valence-corrected chi connectivity index (χ2v) is 9.98. The van der Waals surface area contributed by atoms with Gasteiger partial charge < -0.3 is 15.4 Å². The third kappa shape index (κ3) is 7.15. The lowest BCUT2D eigenvalue weighted by Crippen LogP contribution is -2.60. The van der Waals surface area contributed by atoms with Crippen molar-refractivity contribution in [1.82, 2.24) is 15.5 Å². The first kappa shape index (κ1) is 26.0. The van der Waals surface area contributed by atoms with Gasteiger partial charge in [-0.05, 0) is 45.4 Å². The van der Waals surface area contributed by atoms with Crippen LogP contribution < -0.4 is 10.6 Å². The third-order valence-corrected chi connectivity index (χ3v) is 7.91. The van der Waals surface area contributed by atoms with E-state index in [1.54, 1.807) is 0 Å². The number of carbonyl (C=O) groups excluding carboxylic acids is 1. The smallest absolute Gasteiger partial charge is 0.308 e. The van der Waals surface area contributed by atoms with Crippen LogP contribution in [0.25, 0.3) is 0 Å². The topological polar surface area (TPSA) is 66.0 Å². The van der Waals surface area contributed by atoms with Crippen LogP contribution in [0.15, 0.2) is 4.99 Å². The standard InChI is InChI=1S/C22H40N4O2S.HI/c1-3-28-20(27)18-7-9-19(10-8-18)25-21(23-2)24-17-22(11-5-4-6-12-22)26-13-15-29-16-14-26;/h18-19H,3-17H2,1-2H3,(H2,23,24,25);1H. The van der Waals surface area contributed by atoms with Crippen LogP contribution >= 0.6 is 35.7 Å². The summed E-state index contributed by atoms with van der Waals surface area (Å²) in [4.78, 5) is 19.2. The molecule has 0 spiro atoms. The molecule has 0 aromatic carbocycles. The van der Waals surface area contributed by atoms with E-state index < -0.39 is 0 Å². The summed E-state index contributed by atoms with van der Waals surface area (Å²) >= 11 is 2.09. The van der Waals surface area contributed by atoms with Crippen molar-refractivity contribution in [3.8, 4) is 0 Å². The summed E-state index contributed by atoms with van der Waals surface area (Å²) in [7, 11) is 1.87. The average molecular weight is 553 g/mol. The molecule has 1 saturated heterocycles.